The van der Waals surface area contributed by atoms with E-state index in [-0.39, 0.29) is 12.5 Å². The summed E-state index contributed by atoms with van der Waals surface area (Å²) in [6.45, 7) is 2.19. The zero-order valence-electron chi connectivity index (χ0n) is 8.42. The molecule has 0 saturated heterocycles. The van der Waals surface area contributed by atoms with Gasteiger partial charge >= 0.3 is 0 Å². The molecule has 14 heavy (non-hydrogen) atoms. The molecule has 0 radical (unpaired) electrons. The van der Waals surface area contributed by atoms with Gasteiger partial charge in [0.1, 0.15) is 0 Å². The molecule has 4 nitrogen and oxygen atoms in total. The molecule has 1 amide bonds. The minimum absolute atomic E-state index is 0.0624. The Morgan fingerprint density at radius 2 is 2.21 bits per heavy atom. The molecule has 0 atom stereocenters. The fraction of sp³-hybridized carbons (Fsp3) is 0.300. The van der Waals surface area contributed by atoms with Crippen LogP contribution in [0.4, 0.5) is 11.4 Å². The number of hydrogen-bond donors (Lipinski definition) is 3. The predicted octanol–water partition coefficient (Wildman–Crippen LogP) is 0.735. The summed E-state index contributed by atoms with van der Waals surface area (Å²) in [6.07, 6.45) is 0. The monoisotopic (exact) mass is 193 g/mol. The molecule has 4 N–H and O–H groups in total. The Morgan fingerprint density at radius 3 is 2.79 bits per heavy atom. The van der Waals surface area contributed by atoms with E-state index in [1.54, 1.807) is 13.1 Å². The Morgan fingerprint density at radius 1 is 1.50 bits per heavy atom. The minimum Gasteiger partial charge on any atom is -0.397 e. The van der Waals surface area contributed by atoms with Gasteiger partial charge in [-0.25, -0.2) is 0 Å². The van der Waals surface area contributed by atoms with Crippen molar-refractivity contribution in [2.45, 2.75) is 6.92 Å². The molecule has 0 aliphatic carbocycles. The molecule has 1 aromatic carbocycles. The van der Waals surface area contributed by atoms with Gasteiger partial charge in [-0.1, -0.05) is 12.1 Å². The third-order valence-corrected chi connectivity index (χ3v) is 2.01. The van der Waals surface area contributed by atoms with Gasteiger partial charge in [-0.15, -0.1) is 0 Å². The van der Waals surface area contributed by atoms with Crippen LogP contribution in [0.5, 0.6) is 0 Å². The number of rotatable bonds is 3. The van der Waals surface area contributed by atoms with Crippen molar-refractivity contribution < 1.29 is 4.79 Å². The standard InChI is InChI=1S/C10H15N3O/c1-7-4-3-5-8(11)10(7)13-6-9(14)12-2/h3-5,13H,6,11H2,1-2H3,(H,12,14). The van der Waals surface area contributed by atoms with E-state index in [0.717, 1.165) is 11.3 Å². The van der Waals surface area contributed by atoms with Crippen molar-refractivity contribution in [2.75, 3.05) is 24.6 Å². The highest BCUT2D eigenvalue weighted by Crippen LogP contribution is 2.21. The first kappa shape index (κ1) is 10.4. The summed E-state index contributed by atoms with van der Waals surface area (Å²) in [5.74, 6) is -0.0624. The molecular formula is C10H15N3O. The van der Waals surface area contributed by atoms with Gasteiger partial charge in [0.25, 0.3) is 0 Å². The SMILES string of the molecule is CNC(=O)CNc1c(C)cccc1N. The maximum atomic E-state index is 11.0. The Bertz CT molecular complexity index is 316. The van der Waals surface area contributed by atoms with Crippen LogP contribution < -0.4 is 16.4 Å². The van der Waals surface area contributed by atoms with E-state index in [1.807, 2.05) is 19.1 Å². The minimum atomic E-state index is -0.0624. The van der Waals surface area contributed by atoms with Crippen LogP contribution in [0.15, 0.2) is 18.2 Å². The maximum absolute atomic E-state index is 11.0. The van der Waals surface area contributed by atoms with Gasteiger partial charge in [0.05, 0.1) is 17.9 Å². The lowest BCUT2D eigenvalue weighted by atomic mass is 10.1. The summed E-state index contributed by atoms with van der Waals surface area (Å²) in [7, 11) is 1.60. The molecule has 0 unspecified atom stereocenters. The Balaban J connectivity index is 2.71. The number of carbonyl (C=O) groups is 1. The molecule has 0 spiro atoms. The summed E-state index contributed by atoms with van der Waals surface area (Å²) in [6, 6.07) is 5.64. The third-order valence-electron chi connectivity index (χ3n) is 2.01. The van der Waals surface area contributed by atoms with E-state index in [1.165, 1.54) is 0 Å². The fourth-order valence-corrected chi connectivity index (χ4v) is 1.19. The number of anilines is 2. The highest BCUT2D eigenvalue weighted by Gasteiger charge is 2.03. The lowest BCUT2D eigenvalue weighted by Crippen LogP contribution is -2.26. The second-order valence-electron chi connectivity index (χ2n) is 3.07. The molecule has 76 valence electrons. The molecule has 1 rings (SSSR count). The van der Waals surface area contributed by atoms with Gasteiger partial charge in [-0.3, -0.25) is 4.79 Å². The van der Waals surface area contributed by atoms with Crippen LogP contribution in [0, 0.1) is 6.92 Å². The molecule has 4 heteroatoms. The number of amides is 1. The number of nitrogen functional groups attached to an aromatic ring is 1. The van der Waals surface area contributed by atoms with Gasteiger partial charge in [0, 0.05) is 7.05 Å². The largest absolute Gasteiger partial charge is 0.397 e. The van der Waals surface area contributed by atoms with Crippen molar-refractivity contribution in [1.29, 1.82) is 0 Å². The predicted molar refractivity (Wildman–Crippen MR) is 58.1 cm³/mol. The number of carbonyl (C=O) groups excluding carboxylic acids is 1. The summed E-state index contributed by atoms with van der Waals surface area (Å²) in [5.41, 5.74) is 8.28. The molecule has 0 fully saturated rings. The van der Waals surface area contributed by atoms with Crippen molar-refractivity contribution >= 4 is 17.3 Å². The average molecular weight is 193 g/mol. The van der Waals surface area contributed by atoms with E-state index >= 15 is 0 Å². The summed E-state index contributed by atoms with van der Waals surface area (Å²) in [4.78, 5) is 11.0. The molecule has 1 aromatic rings. The zero-order valence-corrected chi connectivity index (χ0v) is 8.42. The van der Waals surface area contributed by atoms with Crippen LogP contribution in [-0.4, -0.2) is 19.5 Å². The average Bonchev–Trinajstić information content (AvgIpc) is 2.16. The summed E-state index contributed by atoms with van der Waals surface area (Å²) < 4.78 is 0. The molecule has 0 bridgehead atoms. The third kappa shape index (κ3) is 2.39. The normalized spacial score (nSPS) is 9.57. The second kappa shape index (κ2) is 4.50. The van der Waals surface area contributed by atoms with E-state index in [4.69, 9.17) is 5.73 Å². The van der Waals surface area contributed by atoms with Gasteiger partial charge in [0.2, 0.25) is 5.91 Å². The van der Waals surface area contributed by atoms with Crippen molar-refractivity contribution in [3.63, 3.8) is 0 Å². The van der Waals surface area contributed by atoms with Crippen LogP contribution in [0.1, 0.15) is 5.56 Å². The van der Waals surface area contributed by atoms with E-state index < -0.39 is 0 Å². The van der Waals surface area contributed by atoms with Crippen molar-refractivity contribution in [1.82, 2.24) is 5.32 Å². The smallest absolute Gasteiger partial charge is 0.239 e. The van der Waals surface area contributed by atoms with Crippen molar-refractivity contribution in [2.24, 2.45) is 0 Å². The van der Waals surface area contributed by atoms with E-state index in [9.17, 15) is 4.79 Å². The summed E-state index contributed by atoms with van der Waals surface area (Å²) >= 11 is 0. The molecule has 0 aliphatic rings. The highest BCUT2D eigenvalue weighted by atomic mass is 16.1. The molecular weight excluding hydrogens is 178 g/mol. The van der Waals surface area contributed by atoms with Crippen LogP contribution in [-0.2, 0) is 4.79 Å². The lowest BCUT2D eigenvalue weighted by molar-refractivity contribution is -0.118. The number of likely N-dealkylation sites (N-methyl/N-ethyl adjacent to an activating group) is 1. The Hall–Kier alpha value is -1.71. The highest BCUT2D eigenvalue weighted by molar-refractivity contribution is 5.82. The molecule has 0 heterocycles. The Labute approximate surface area is 83.5 Å². The number of hydrogen-bond acceptors (Lipinski definition) is 3. The van der Waals surface area contributed by atoms with Gasteiger partial charge in [-0.05, 0) is 18.6 Å². The first-order chi connectivity index (χ1) is 6.65. The van der Waals surface area contributed by atoms with Gasteiger partial charge in [-0.2, -0.15) is 0 Å². The summed E-state index contributed by atoms with van der Waals surface area (Å²) in [5, 5.41) is 5.53. The number of aryl methyl sites for hydroxylation is 1. The van der Waals surface area contributed by atoms with Gasteiger partial charge < -0.3 is 16.4 Å². The quantitative estimate of drug-likeness (QED) is 0.620. The van der Waals surface area contributed by atoms with Gasteiger partial charge in [0.15, 0.2) is 0 Å². The van der Waals surface area contributed by atoms with Crippen LogP contribution in [0.2, 0.25) is 0 Å². The zero-order chi connectivity index (χ0) is 10.6. The van der Waals surface area contributed by atoms with Crippen molar-refractivity contribution in [3.8, 4) is 0 Å². The van der Waals surface area contributed by atoms with Crippen LogP contribution in [0.25, 0.3) is 0 Å². The lowest BCUT2D eigenvalue weighted by Gasteiger charge is -2.11. The van der Waals surface area contributed by atoms with E-state index in [0.29, 0.717) is 5.69 Å². The van der Waals surface area contributed by atoms with Crippen molar-refractivity contribution in [3.05, 3.63) is 23.8 Å². The second-order valence-corrected chi connectivity index (χ2v) is 3.07. The first-order valence-corrected chi connectivity index (χ1v) is 4.44. The molecule has 0 aliphatic heterocycles. The Kier molecular flexibility index (Phi) is 3.34. The number of benzene rings is 1. The molecule has 0 aromatic heterocycles. The van der Waals surface area contributed by atoms with Crippen LogP contribution in [0.3, 0.4) is 0 Å². The van der Waals surface area contributed by atoms with Crippen LogP contribution >= 0.6 is 0 Å². The fourth-order valence-electron chi connectivity index (χ4n) is 1.19. The first-order valence-electron chi connectivity index (χ1n) is 4.44. The number of para-hydroxylation sites is 1. The number of nitrogens with one attached hydrogen (secondary N) is 2. The van der Waals surface area contributed by atoms with E-state index in [2.05, 4.69) is 10.6 Å². The molecule has 0 saturated carbocycles. The maximum Gasteiger partial charge on any atom is 0.239 e. The topological polar surface area (TPSA) is 67.2 Å². The number of nitrogens with two attached hydrogens (primary N) is 1.